The van der Waals surface area contributed by atoms with Gasteiger partial charge < -0.3 is 9.47 Å². The van der Waals surface area contributed by atoms with Gasteiger partial charge in [0.15, 0.2) is 0 Å². The topological polar surface area (TPSA) is 35.5 Å². The second kappa shape index (κ2) is 8.02. The number of fused-ring (bicyclic) bond motifs is 5. The Kier molecular flexibility index (Phi) is 5.97. The molecule has 0 saturated heterocycles. The van der Waals surface area contributed by atoms with Crippen LogP contribution < -0.4 is 0 Å². The van der Waals surface area contributed by atoms with Crippen molar-refractivity contribution in [2.24, 2.45) is 34.5 Å². The molecule has 28 heavy (non-hydrogen) atoms. The second-order valence-electron chi connectivity index (χ2n) is 10.9. The van der Waals surface area contributed by atoms with Crippen LogP contribution in [0.15, 0.2) is 0 Å². The molecule has 0 unspecified atom stereocenters. The van der Waals surface area contributed by atoms with E-state index in [4.69, 9.17) is 9.47 Å². The number of hydrogen-bond donors (Lipinski definition) is 0. The first-order valence-corrected chi connectivity index (χ1v) is 12.2. The molecule has 0 bridgehead atoms. The fraction of sp³-hybridized carbons (Fsp3) is 0.960. The van der Waals surface area contributed by atoms with Crippen LogP contribution >= 0.6 is 0 Å². The van der Waals surface area contributed by atoms with Gasteiger partial charge in [0.1, 0.15) is 5.78 Å². The first kappa shape index (κ1) is 20.8. The van der Waals surface area contributed by atoms with E-state index in [9.17, 15) is 4.79 Å². The molecule has 0 heterocycles. The van der Waals surface area contributed by atoms with Gasteiger partial charge in [0.05, 0.1) is 12.2 Å². The van der Waals surface area contributed by atoms with Gasteiger partial charge in [-0.1, -0.05) is 27.7 Å². The molecule has 0 spiro atoms. The van der Waals surface area contributed by atoms with Crippen LogP contribution in [0.25, 0.3) is 0 Å². The van der Waals surface area contributed by atoms with Crippen molar-refractivity contribution in [3.05, 3.63) is 0 Å². The third-order valence-electron chi connectivity index (χ3n) is 9.42. The van der Waals surface area contributed by atoms with Crippen LogP contribution in [0, 0.1) is 34.5 Å². The zero-order valence-corrected chi connectivity index (χ0v) is 18.7. The molecule has 0 N–H and O–H groups in total. The Morgan fingerprint density at radius 2 is 1.57 bits per heavy atom. The Balaban J connectivity index is 1.52. The monoisotopic (exact) mass is 390 g/mol. The summed E-state index contributed by atoms with van der Waals surface area (Å²) in [5, 5.41) is 0. The molecule has 3 heteroatoms. The lowest BCUT2D eigenvalue weighted by molar-refractivity contribution is -0.166. The molecule has 4 aliphatic carbocycles. The molecule has 4 rings (SSSR count). The average Bonchev–Trinajstić information content (AvgIpc) is 3.01. The highest BCUT2D eigenvalue weighted by molar-refractivity contribution is 5.83. The van der Waals surface area contributed by atoms with Crippen molar-refractivity contribution in [3.63, 3.8) is 0 Å². The fourth-order valence-corrected chi connectivity index (χ4v) is 7.81. The number of carbonyl (C=O) groups is 1. The Labute approximate surface area is 172 Å². The largest absolute Gasteiger partial charge is 0.378 e. The maximum atomic E-state index is 13.5. The molecule has 4 aliphatic rings. The summed E-state index contributed by atoms with van der Waals surface area (Å²) < 4.78 is 12.4. The molecule has 4 fully saturated rings. The van der Waals surface area contributed by atoms with E-state index in [2.05, 4.69) is 27.7 Å². The van der Waals surface area contributed by atoms with E-state index in [0.717, 1.165) is 45.3 Å². The van der Waals surface area contributed by atoms with Crippen molar-refractivity contribution in [2.75, 3.05) is 13.2 Å². The maximum absolute atomic E-state index is 13.5. The summed E-state index contributed by atoms with van der Waals surface area (Å²) in [4.78, 5) is 13.5. The highest BCUT2D eigenvalue weighted by Gasteiger charge is 2.63. The van der Waals surface area contributed by atoms with Crippen LogP contribution in [0.3, 0.4) is 0 Å². The van der Waals surface area contributed by atoms with Gasteiger partial charge >= 0.3 is 0 Å². The Morgan fingerprint density at radius 3 is 2.32 bits per heavy atom. The van der Waals surface area contributed by atoms with Gasteiger partial charge in [-0.05, 0) is 86.4 Å². The maximum Gasteiger partial charge on any atom is 0.136 e. The summed E-state index contributed by atoms with van der Waals surface area (Å²) in [6, 6.07) is 0. The van der Waals surface area contributed by atoms with Crippen molar-refractivity contribution >= 4 is 5.78 Å². The molecule has 3 nitrogen and oxygen atoms in total. The first-order valence-electron chi connectivity index (χ1n) is 12.2. The minimum atomic E-state index is 0.219. The van der Waals surface area contributed by atoms with E-state index in [-0.39, 0.29) is 5.41 Å². The second-order valence-corrected chi connectivity index (χ2v) is 10.9. The van der Waals surface area contributed by atoms with Gasteiger partial charge in [-0.15, -0.1) is 0 Å². The number of ketones is 1. The van der Waals surface area contributed by atoms with Crippen LogP contribution in [0.4, 0.5) is 0 Å². The normalized spacial score (nSPS) is 48.1. The molecular weight excluding hydrogens is 348 g/mol. The van der Waals surface area contributed by atoms with E-state index < -0.39 is 0 Å². The summed E-state index contributed by atoms with van der Waals surface area (Å²) in [6.07, 6.45) is 12.1. The predicted octanol–water partition coefficient (Wildman–Crippen LogP) is 5.80. The molecular formula is C25H42O3. The van der Waals surface area contributed by atoms with Gasteiger partial charge in [-0.25, -0.2) is 0 Å². The van der Waals surface area contributed by atoms with Crippen LogP contribution in [0.2, 0.25) is 0 Å². The van der Waals surface area contributed by atoms with Gasteiger partial charge in [0.25, 0.3) is 0 Å². The van der Waals surface area contributed by atoms with Gasteiger partial charge in [-0.2, -0.15) is 0 Å². The number of carbonyl (C=O) groups excluding carboxylic acids is 1. The van der Waals surface area contributed by atoms with Gasteiger partial charge in [0, 0.05) is 25.6 Å². The minimum Gasteiger partial charge on any atom is -0.378 e. The van der Waals surface area contributed by atoms with Crippen LogP contribution in [0.5, 0.6) is 0 Å². The Hall–Kier alpha value is -0.410. The lowest BCUT2D eigenvalue weighted by atomic mass is 9.45. The van der Waals surface area contributed by atoms with Crippen LogP contribution in [0.1, 0.15) is 91.9 Å². The Morgan fingerprint density at radius 1 is 0.893 bits per heavy atom. The summed E-state index contributed by atoms with van der Waals surface area (Å²) in [6.45, 7) is 11.1. The molecule has 160 valence electrons. The molecule has 8 atom stereocenters. The standard InChI is InChI=1S/C25H42O3/c1-5-13-27-18-9-11-24(3)17(15-18)16-21(26)23-19-7-8-22(28-14-6-2)25(19,4)12-10-20(23)24/h17-20,22-23H,5-16H2,1-4H3/t17-,18+,19+,20+,22+,23-,24+,25+/m1/s1. The van der Waals surface area contributed by atoms with Crippen LogP contribution in [-0.2, 0) is 14.3 Å². The summed E-state index contributed by atoms with van der Waals surface area (Å²) >= 11 is 0. The molecule has 0 aromatic heterocycles. The molecule has 0 radical (unpaired) electrons. The van der Waals surface area contributed by atoms with Crippen molar-refractivity contribution in [1.82, 2.24) is 0 Å². The quantitative estimate of drug-likeness (QED) is 0.575. The fourth-order valence-electron chi connectivity index (χ4n) is 7.81. The third kappa shape index (κ3) is 3.29. The molecule has 0 aromatic rings. The molecule has 0 aromatic carbocycles. The van der Waals surface area contributed by atoms with E-state index >= 15 is 0 Å². The number of ether oxygens (including phenoxy) is 2. The highest BCUT2D eigenvalue weighted by Crippen LogP contribution is 2.65. The minimum absolute atomic E-state index is 0.219. The number of Topliss-reactive ketones (excluding diaryl/α,β-unsaturated/α-hetero) is 1. The average molecular weight is 391 g/mol. The van der Waals surface area contributed by atoms with Crippen molar-refractivity contribution < 1.29 is 14.3 Å². The van der Waals surface area contributed by atoms with Crippen LogP contribution in [-0.4, -0.2) is 31.2 Å². The molecule has 4 saturated carbocycles. The Bertz CT molecular complexity index is 574. The van der Waals surface area contributed by atoms with E-state index in [0.29, 0.717) is 47.1 Å². The summed E-state index contributed by atoms with van der Waals surface area (Å²) in [5.41, 5.74) is 0.560. The zero-order valence-electron chi connectivity index (χ0n) is 18.7. The first-order chi connectivity index (χ1) is 13.4. The summed E-state index contributed by atoms with van der Waals surface area (Å²) in [5.74, 6) is 2.55. The number of hydrogen-bond acceptors (Lipinski definition) is 3. The zero-order chi connectivity index (χ0) is 19.9. The van der Waals surface area contributed by atoms with E-state index in [1.165, 1.54) is 32.1 Å². The van der Waals surface area contributed by atoms with Gasteiger partial charge in [0.2, 0.25) is 0 Å². The van der Waals surface area contributed by atoms with Crippen molar-refractivity contribution in [2.45, 2.75) is 104 Å². The molecule has 0 amide bonds. The highest BCUT2D eigenvalue weighted by atomic mass is 16.5. The third-order valence-corrected chi connectivity index (χ3v) is 9.42. The SMILES string of the molecule is CCCO[C@H]1CC[C@@]2(C)[C@@H](CC(=O)[C@H]3[C@@H]2CC[C@]2(C)[C@@H](OCCC)CC[C@@H]32)C1. The predicted molar refractivity (Wildman–Crippen MR) is 112 cm³/mol. The van der Waals surface area contributed by atoms with E-state index in [1.807, 2.05) is 0 Å². The van der Waals surface area contributed by atoms with Crippen molar-refractivity contribution in [3.8, 4) is 0 Å². The van der Waals surface area contributed by atoms with Gasteiger partial charge in [-0.3, -0.25) is 4.79 Å². The smallest absolute Gasteiger partial charge is 0.136 e. The lowest BCUT2D eigenvalue weighted by Crippen LogP contribution is -2.57. The van der Waals surface area contributed by atoms with E-state index in [1.54, 1.807) is 0 Å². The van der Waals surface area contributed by atoms with Crippen molar-refractivity contribution in [1.29, 1.82) is 0 Å². The summed E-state index contributed by atoms with van der Waals surface area (Å²) in [7, 11) is 0. The lowest BCUT2D eigenvalue weighted by Gasteiger charge is -2.60. The molecule has 0 aliphatic heterocycles. The number of rotatable bonds is 6.